The van der Waals surface area contributed by atoms with Crippen LogP contribution in [0.3, 0.4) is 0 Å². The maximum Gasteiger partial charge on any atom is 0.223 e. The van der Waals surface area contributed by atoms with E-state index in [4.69, 9.17) is 0 Å². The van der Waals surface area contributed by atoms with Crippen molar-refractivity contribution in [1.29, 1.82) is 0 Å². The number of hydrogen-bond donors (Lipinski definition) is 1. The molecule has 0 aromatic heterocycles. The van der Waals surface area contributed by atoms with Crippen molar-refractivity contribution in [2.24, 2.45) is 5.92 Å². The third kappa shape index (κ3) is 2.54. The lowest BCUT2D eigenvalue weighted by Gasteiger charge is -2.28. The van der Waals surface area contributed by atoms with Crippen LogP contribution in [0.4, 0.5) is 0 Å². The molecule has 3 aliphatic rings. The van der Waals surface area contributed by atoms with Crippen molar-refractivity contribution >= 4 is 15.7 Å². The Morgan fingerprint density at radius 2 is 1.78 bits per heavy atom. The molecule has 1 saturated carbocycles. The standard InChI is InChI=1S/C12H20N2O3S/c15-12(9-3-4-9)13-10-7-18(16,17)8-11(10)14-5-1-2-6-14/h9-11H,1-8H2,(H,13,15)/t10-,11+/m0/s1. The summed E-state index contributed by atoms with van der Waals surface area (Å²) in [6.07, 6.45) is 4.19. The van der Waals surface area contributed by atoms with E-state index in [1.54, 1.807) is 0 Å². The van der Waals surface area contributed by atoms with Crippen LogP contribution in [0.15, 0.2) is 0 Å². The number of nitrogens with zero attached hydrogens (tertiary/aromatic N) is 1. The summed E-state index contributed by atoms with van der Waals surface area (Å²) in [6.45, 7) is 1.94. The Bertz CT molecular complexity index is 438. The zero-order valence-corrected chi connectivity index (χ0v) is 11.3. The zero-order chi connectivity index (χ0) is 12.8. The fourth-order valence-corrected chi connectivity index (χ4v) is 5.00. The molecule has 0 aromatic rings. The first-order valence-corrected chi connectivity index (χ1v) is 8.62. The topological polar surface area (TPSA) is 66.5 Å². The summed E-state index contributed by atoms with van der Waals surface area (Å²) in [5, 5.41) is 2.96. The summed E-state index contributed by atoms with van der Waals surface area (Å²) in [5.74, 6) is 0.531. The zero-order valence-electron chi connectivity index (χ0n) is 10.5. The largest absolute Gasteiger partial charge is 0.350 e. The van der Waals surface area contributed by atoms with E-state index in [-0.39, 0.29) is 35.4 Å². The Balaban J connectivity index is 1.70. The van der Waals surface area contributed by atoms with Gasteiger partial charge in [0.15, 0.2) is 9.84 Å². The first-order valence-electron chi connectivity index (χ1n) is 6.80. The Labute approximate surface area is 108 Å². The number of rotatable bonds is 3. The number of nitrogens with one attached hydrogen (secondary N) is 1. The van der Waals surface area contributed by atoms with Crippen molar-refractivity contribution in [3.05, 3.63) is 0 Å². The summed E-state index contributed by atoms with van der Waals surface area (Å²) >= 11 is 0. The summed E-state index contributed by atoms with van der Waals surface area (Å²) in [7, 11) is -2.99. The van der Waals surface area contributed by atoms with Gasteiger partial charge in [-0.05, 0) is 38.8 Å². The predicted molar refractivity (Wildman–Crippen MR) is 67.9 cm³/mol. The molecule has 3 rings (SSSR count). The van der Waals surface area contributed by atoms with Crippen LogP contribution in [-0.4, -0.2) is 55.9 Å². The molecule has 2 heterocycles. The van der Waals surface area contributed by atoms with Crippen LogP contribution in [-0.2, 0) is 14.6 Å². The van der Waals surface area contributed by atoms with Gasteiger partial charge in [-0.1, -0.05) is 0 Å². The second-order valence-electron chi connectivity index (χ2n) is 5.78. The lowest BCUT2D eigenvalue weighted by molar-refractivity contribution is -0.123. The Morgan fingerprint density at radius 1 is 1.11 bits per heavy atom. The molecule has 0 spiro atoms. The fraction of sp³-hybridized carbons (Fsp3) is 0.917. The molecule has 2 aliphatic heterocycles. The molecule has 1 aliphatic carbocycles. The third-order valence-electron chi connectivity index (χ3n) is 4.21. The van der Waals surface area contributed by atoms with E-state index in [9.17, 15) is 13.2 Å². The molecule has 102 valence electrons. The van der Waals surface area contributed by atoms with Crippen LogP contribution in [0.25, 0.3) is 0 Å². The molecule has 5 nitrogen and oxygen atoms in total. The molecular weight excluding hydrogens is 252 g/mol. The molecule has 0 radical (unpaired) electrons. The fourth-order valence-electron chi connectivity index (χ4n) is 3.05. The second kappa shape index (κ2) is 4.49. The smallest absolute Gasteiger partial charge is 0.223 e. The third-order valence-corrected chi connectivity index (χ3v) is 5.92. The molecule has 3 fully saturated rings. The molecular formula is C12H20N2O3S. The van der Waals surface area contributed by atoms with E-state index in [1.165, 1.54) is 0 Å². The number of carbonyl (C=O) groups excluding carboxylic acids is 1. The van der Waals surface area contributed by atoms with Gasteiger partial charge in [0, 0.05) is 12.0 Å². The highest BCUT2D eigenvalue weighted by atomic mass is 32.2. The van der Waals surface area contributed by atoms with Gasteiger partial charge in [-0.15, -0.1) is 0 Å². The molecule has 0 unspecified atom stereocenters. The maximum atomic E-state index is 11.8. The van der Waals surface area contributed by atoms with Crippen LogP contribution in [0.1, 0.15) is 25.7 Å². The number of likely N-dealkylation sites (tertiary alicyclic amines) is 1. The SMILES string of the molecule is O=C(N[C@H]1CS(=O)(=O)C[C@H]1N1CCCC1)C1CC1. The summed E-state index contributed by atoms with van der Waals surface area (Å²) in [4.78, 5) is 14.0. The molecule has 2 atom stereocenters. The second-order valence-corrected chi connectivity index (χ2v) is 7.93. The van der Waals surface area contributed by atoms with E-state index in [0.717, 1.165) is 38.8 Å². The van der Waals surface area contributed by atoms with Gasteiger partial charge in [-0.2, -0.15) is 0 Å². The quantitative estimate of drug-likeness (QED) is 0.771. The molecule has 0 bridgehead atoms. The number of hydrogen-bond acceptors (Lipinski definition) is 4. The molecule has 6 heteroatoms. The van der Waals surface area contributed by atoms with E-state index < -0.39 is 9.84 Å². The van der Waals surface area contributed by atoms with Gasteiger partial charge in [-0.3, -0.25) is 9.69 Å². The minimum Gasteiger partial charge on any atom is -0.350 e. The van der Waals surface area contributed by atoms with Crippen molar-refractivity contribution in [1.82, 2.24) is 10.2 Å². The highest BCUT2D eigenvalue weighted by Crippen LogP contribution is 2.30. The molecule has 1 N–H and O–H groups in total. The first kappa shape index (κ1) is 12.4. The number of carbonyl (C=O) groups is 1. The average molecular weight is 272 g/mol. The summed E-state index contributed by atoms with van der Waals surface area (Å²) in [5.41, 5.74) is 0. The van der Waals surface area contributed by atoms with Gasteiger partial charge >= 0.3 is 0 Å². The average Bonchev–Trinajstić information content (AvgIpc) is 2.92. The Morgan fingerprint density at radius 3 is 2.39 bits per heavy atom. The monoisotopic (exact) mass is 272 g/mol. The number of amides is 1. The lowest BCUT2D eigenvalue weighted by atomic mass is 10.1. The van der Waals surface area contributed by atoms with Crippen LogP contribution >= 0.6 is 0 Å². The van der Waals surface area contributed by atoms with Crippen molar-refractivity contribution in [2.45, 2.75) is 37.8 Å². The van der Waals surface area contributed by atoms with Gasteiger partial charge in [0.1, 0.15) is 0 Å². The highest BCUT2D eigenvalue weighted by Gasteiger charge is 2.43. The Kier molecular flexibility index (Phi) is 3.10. The molecule has 0 aromatic carbocycles. The predicted octanol–water partition coefficient (Wildman–Crippen LogP) is -0.226. The minimum atomic E-state index is -2.99. The van der Waals surface area contributed by atoms with Crippen LogP contribution in [0.2, 0.25) is 0 Å². The van der Waals surface area contributed by atoms with Crippen LogP contribution in [0, 0.1) is 5.92 Å². The van der Waals surface area contributed by atoms with E-state index >= 15 is 0 Å². The van der Waals surface area contributed by atoms with Crippen molar-refractivity contribution in [2.75, 3.05) is 24.6 Å². The molecule has 18 heavy (non-hydrogen) atoms. The summed E-state index contributed by atoms with van der Waals surface area (Å²) < 4.78 is 23.6. The molecule has 2 saturated heterocycles. The van der Waals surface area contributed by atoms with Crippen molar-refractivity contribution in [3.63, 3.8) is 0 Å². The maximum absolute atomic E-state index is 11.8. The van der Waals surface area contributed by atoms with Gasteiger partial charge < -0.3 is 5.32 Å². The van der Waals surface area contributed by atoms with E-state index in [0.29, 0.717) is 0 Å². The lowest BCUT2D eigenvalue weighted by Crippen LogP contribution is -2.50. The highest BCUT2D eigenvalue weighted by molar-refractivity contribution is 7.91. The van der Waals surface area contributed by atoms with Crippen LogP contribution < -0.4 is 5.32 Å². The summed E-state index contributed by atoms with van der Waals surface area (Å²) in [6, 6.07) is -0.193. The minimum absolute atomic E-state index is 0.000185. The number of sulfone groups is 1. The first-order chi connectivity index (χ1) is 8.55. The van der Waals surface area contributed by atoms with Gasteiger partial charge in [0.2, 0.25) is 5.91 Å². The van der Waals surface area contributed by atoms with Crippen molar-refractivity contribution < 1.29 is 13.2 Å². The van der Waals surface area contributed by atoms with Crippen LogP contribution in [0.5, 0.6) is 0 Å². The molecule has 1 amide bonds. The van der Waals surface area contributed by atoms with Crippen molar-refractivity contribution in [3.8, 4) is 0 Å². The normalized spacial score (nSPS) is 35.8. The van der Waals surface area contributed by atoms with E-state index in [2.05, 4.69) is 10.2 Å². The Hall–Kier alpha value is -0.620. The van der Waals surface area contributed by atoms with Gasteiger partial charge in [0.25, 0.3) is 0 Å². The van der Waals surface area contributed by atoms with E-state index in [1.807, 2.05) is 0 Å². The van der Waals surface area contributed by atoms with Gasteiger partial charge in [0.05, 0.1) is 17.5 Å². The van der Waals surface area contributed by atoms with Gasteiger partial charge in [-0.25, -0.2) is 8.42 Å².